The summed E-state index contributed by atoms with van der Waals surface area (Å²) >= 11 is 0. The van der Waals surface area contributed by atoms with Gasteiger partial charge in [0.05, 0.1) is 12.7 Å². The summed E-state index contributed by atoms with van der Waals surface area (Å²) in [6.07, 6.45) is 2.45. The monoisotopic (exact) mass is 277 g/mol. The van der Waals surface area contributed by atoms with Gasteiger partial charge in [-0.05, 0) is 50.6 Å². The van der Waals surface area contributed by atoms with E-state index < -0.39 is 0 Å². The lowest BCUT2D eigenvalue weighted by Crippen LogP contribution is -2.35. The standard InChI is InChI=1S/C15H23N3O2/c1-18-7-3-4-11(10-18)9-17-14-6-5-12(16)8-13(14)15(19)20-2/h5-6,8,11,17H,3-4,7,9-10,16H2,1-2H3. The van der Waals surface area contributed by atoms with Gasteiger partial charge in [-0.15, -0.1) is 0 Å². The minimum Gasteiger partial charge on any atom is -0.465 e. The Morgan fingerprint density at radius 1 is 1.55 bits per heavy atom. The molecule has 5 heteroatoms. The van der Waals surface area contributed by atoms with Crippen molar-refractivity contribution in [3.8, 4) is 0 Å². The van der Waals surface area contributed by atoms with Crippen LogP contribution in [0.3, 0.4) is 0 Å². The molecule has 1 aliphatic rings. The van der Waals surface area contributed by atoms with E-state index in [4.69, 9.17) is 10.5 Å². The lowest BCUT2D eigenvalue weighted by molar-refractivity contribution is 0.0602. The molecule has 20 heavy (non-hydrogen) atoms. The van der Waals surface area contributed by atoms with Crippen LogP contribution in [0.1, 0.15) is 23.2 Å². The molecule has 1 saturated heterocycles. The first-order valence-corrected chi connectivity index (χ1v) is 7.00. The molecule has 0 radical (unpaired) electrons. The van der Waals surface area contributed by atoms with Gasteiger partial charge in [0.1, 0.15) is 0 Å². The van der Waals surface area contributed by atoms with Gasteiger partial charge < -0.3 is 20.7 Å². The van der Waals surface area contributed by atoms with Crippen molar-refractivity contribution in [2.24, 2.45) is 5.92 Å². The number of rotatable bonds is 4. The molecule has 2 rings (SSSR count). The van der Waals surface area contributed by atoms with Crippen LogP contribution in [0.5, 0.6) is 0 Å². The van der Waals surface area contributed by atoms with Gasteiger partial charge >= 0.3 is 5.97 Å². The molecule has 0 amide bonds. The summed E-state index contributed by atoms with van der Waals surface area (Å²) in [5, 5.41) is 3.36. The molecule has 3 N–H and O–H groups in total. The summed E-state index contributed by atoms with van der Waals surface area (Å²) in [6.45, 7) is 3.12. The second-order valence-electron chi connectivity index (χ2n) is 5.45. The van der Waals surface area contributed by atoms with E-state index in [-0.39, 0.29) is 5.97 Å². The molecule has 0 aliphatic carbocycles. The zero-order chi connectivity index (χ0) is 14.5. The number of nitrogens with one attached hydrogen (secondary N) is 1. The largest absolute Gasteiger partial charge is 0.465 e. The molecular weight excluding hydrogens is 254 g/mol. The van der Waals surface area contributed by atoms with Crippen molar-refractivity contribution in [1.29, 1.82) is 0 Å². The minimum atomic E-state index is -0.361. The zero-order valence-corrected chi connectivity index (χ0v) is 12.2. The van der Waals surface area contributed by atoms with E-state index >= 15 is 0 Å². The number of likely N-dealkylation sites (tertiary alicyclic amines) is 1. The number of carbonyl (C=O) groups excluding carboxylic acids is 1. The van der Waals surface area contributed by atoms with Crippen LogP contribution < -0.4 is 11.1 Å². The molecule has 1 heterocycles. The molecule has 110 valence electrons. The zero-order valence-electron chi connectivity index (χ0n) is 12.2. The van der Waals surface area contributed by atoms with Gasteiger partial charge in [-0.3, -0.25) is 0 Å². The third-order valence-electron chi connectivity index (χ3n) is 3.75. The van der Waals surface area contributed by atoms with Crippen molar-refractivity contribution in [1.82, 2.24) is 4.90 Å². The molecule has 1 aliphatic heterocycles. The Morgan fingerprint density at radius 3 is 3.05 bits per heavy atom. The Kier molecular flexibility index (Phi) is 4.84. The number of piperidine rings is 1. The predicted molar refractivity (Wildman–Crippen MR) is 80.9 cm³/mol. The number of benzene rings is 1. The van der Waals surface area contributed by atoms with Crippen LogP contribution in [-0.2, 0) is 4.74 Å². The lowest BCUT2D eigenvalue weighted by Gasteiger charge is -2.30. The molecule has 1 unspecified atom stereocenters. The van der Waals surface area contributed by atoms with E-state index in [1.807, 2.05) is 6.07 Å². The topological polar surface area (TPSA) is 67.6 Å². The van der Waals surface area contributed by atoms with Gasteiger partial charge in [-0.25, -0.2) is 4.79 Å². The fourth-order valence-electron chi connectivity index (χ4n) is 2.69. The SMILES string of the molecule is COC(=O)c1cc(N)ccc1NCC1CCCN(C)C1. The van der Waals surface area contributed by atoms with E-state index in [0.717, 1.165) is 18.8 Å². The number of nitrogen functional groups attached to an aromatic ring is 1. The molecule has 0 aromatic heterocycles. The Bertz CT molecular complexity index is 476. The highest BCUT2D eigenvalue weighted by molar-refractivity contribution is 5.96. The molecular formula is C15H23N3O2. The van der Waals surface area contributed by atoms with E-state index in [0.29, 0.717) is 17.2 Å². The number of methoxy groups -OCH3 is 1. The van der Waals surface area contributed by atoms with Gasteiger partial charge in [0.2, 0.25) is 0 Å². The number of nitrogens with zero attached hydrogens (tertiary/aromatic N) is 1. The number of hydrogen-bond acceptors (Lipinski definition) is 5. The predicted octanol–water partition coefficient (Wildman–Crippen LogP) is 1.81. The van der Waals surface area contributed by atoms with Gasteiger partial charge in [-0.2, -0.15) is 0 Å². The van der Waals surface area contributed by atoms with Gasteiger partial charge in [-0.1, -0.05) is 0 Å². The smallest absolute Gasteiger partial charge is 0.340 e. The summed E-state index contributed by atoms with van der Waals surface area (Å²) in [7, 11) is 3.53. The van der Waals surface area contributed by atoms with Crippen molar-refractivity contribution < 1.29 is 9.53 Å². The second-order valence-corrected chi connectivity index (χ2v) is 5.45. The van der Waals surface area contributed by atoms with Crippen LogP contribution in [0.15, 0.2) is 18.2 Å². The second kappa shape index (κ2) is 6.61. The highest BCUT2D eigenvalue weighted by Crippen LogP contribution is 2.22. The van der Waals surface area contributed by atoms with Crippen LogP contribution in [0.25, 0.3) is 0 Å². The first-order valence-electron chi connectivity index (χ1n) is 7.00. The van der Waals surface area contributed by atoms with Gasteiger partial charge in [0.25, 0.3) is 0 Å². The van der Waals surface area contributed by atoms with Crippen LogP contribution in [0.4, 0.5) is 11.4 Å². The Balaban J connectivity index is 2.03. The number of esters is 1. The highest BCUT2D eigenvalue weighted by Gasteiger charge is 2.18. The molecule has 1 fully saturated rings. The summed E-state index contributed by atoms with van der Waals surface area (Å²) in [5.74, 6) is 0.248. The average molecular weight is 277 g/mol. The molecule has 1 aromatic carbocycles. The van der Waals surface area contributed by atoms with Gasteiger partial charge in [0.15, 0.2) is 0 Å². The first-order chi connectivity index (χ1) is 9.60. The number of ether oxygens (including phenoxy) is 1. The fourth-order valence-corrected chi connectivity index (χ4v) is 2.69. The maximum Gasteiger partial charge on any atom is 0.340 e. The van der Waals surface area contributed by atoms with Crippen molar-refractivity contribution in [2.75, 3.05) is 44.8 Å². The molecule has 0 spiro atoms. The highest BCUT2D eigenvalue weighted by atomic mass is 16.5. The van der Waals surface area contributed by atoms with Crippen LogP contribution in [0.2, 0.25) is 0 Å². The maximum atomic E-state index is 11.8. The lowest BCUT2D eigenvalue weighted by atomic mass is 9.98. The summed E-state index contributed by atoms with van der Waals surface area (Å²) in [5.41, 5.74) is 7.59. The van der Waals surface area contributed by atoms with Crippen molar-refractivity contribution in [3.63, 3.8) is 0 Å². The molecule has 1 aromatic rings. The molecule has 0 bridgehead atoms. The van der Waals surface area contributed by atoms with Gasteiger partial charge in [0, 0.05) is 24.5 Å². The van der Waals surface area contributed by atoms with E-state index in [1.54, 1.807) is 12.1 Å². The van der Waals surface area contributed by atoms with Crippen molar-refractivity contribution in [3.05, 3.63) is 23.8 Å². The summed E-state index contributed by atoms with van der Waals surface area (Å²) in [6, 6.07) is 5.29. The Labute approximate surface area is 120 Å². The summed E-state index contributed by atoms with van der Waals surface area (Å²) in [4.78, 5) is 14.1. The van der Waals surface area contributed by atoms with E-state index in [9.17, 15) is 4.79 Å². The average Bonchev–Trinajstić information content (AvgIpc) is 2.45. The fraction of sp³-hybridized carbons (Fsp3) is 0.533. The first kappa shape index (κ1) is 14.7. The van der Waals surface area contributed by atoms with Crippen molar-refractivity contribution in [2.45, 2.75) is 12.8 Å². The number of carbonyl (C=O) groups is 1. The van der Waals surface area contributed by atoms with Crippen molar-refractivity contribution >= 4 is 17.3 Å². The number of anilines is 2. The number of hydrogen-bond donors (Lipinski definition) is 2. The summed E-state index contributed by atoms with van der Waals surface area (Å²) < 4.78 is 4.80. The minimum absolute atomic E-state index is 0.361. The normalized spacial score (nSPS) is 19.6. The third kappa shape index (κ3) is 3.63. The molecule has 0 saturated carbocycles. The quantitative estimate of drug-likeness (QED) is 0.649. The Morgan fingerprint density at radius 2 is 2.35 bits per heavy atom. The molecule has 5 nitrogen and oxygen atoms in total. The van der Waals surface area contributed by atoms with Crippen LogP contribution in [0, 0.1) is 5.92 Å². The maximum absolute atomic E-state index is 11.8. The van der Waals surface area contributed by atoms with Crippen LogP contribution in [-0.4, -0.2) is 44.7 Å². The third-order valence-corrected chi connectivity index (χ3v) is 3.75. The Hall–Kier alpha value is -1.75. The van der Waals surface area contributed by atoms with E-state index in [1.165, 1.54) is 26.5 Å². The molecule has 1 atom stereocenters. The number of nitrogens with two attached hydrogens (primary N) is 1. The van der Waals surface area contributed by atoms with Crippen LogP contribution >= 0.6 is 0 Å². The van der Waals surface area contributed by atoms with E-state index in [2.05, 4.69) is 17.3 Å².